The Balaban J connectivity index is 1.64. The number of hydrogen-bond acceptors (Lipinski definition) is 9. The highest BCUT2D eigenvalue weighted by Gasteiger charge is 2.43. The summed E-state index contributed by atoms with van der Waals surface area (Å²) in [5.41, 5.74) is 8.49. The Hall–Kier alpha value is -4.01. The van der Waals surface area contributed by atoms with E-state index in [0.29, 0.717) is 57.7 Å². The molecule has 1 aromatic rings. The van der Waals surface area contributed by atoms with Crippen LogP contribution >= 0.6 is 0 Å². The van der Waals surface area contributed by atoms with E-state index in [1.807, 2.05) is 39.0 Å². The summed E-state index contributed by atoms with van der Waals surface area (Å²) in [4.78, 5) is 62.6. The summed E-state index contributed by atoms with van der Waals surface area (Å²) in [5.74, 6) is -0.563. The van der Waals surface area contributed by atoms with Crippen molar-refractivity contribution >= 4 is 35.4 Å². The molecule has 5 amide bonds. The Labute approximate surface area is 301 Å². The average molecular weight is 715 g/mol. The van der Waals surface area contributed by atoms with Gasteiger partial charge in [0.05, 0.1) is 19.9 Å². The van der Waals surface area contributed by atoms with E-state index in [4.69, 9.17) is 19.9 Å². The zero-order valence-electron chi connectivity index (χ0n) is 30.7. The van der Waals surface area contributed by atoms with E-state index < -0.39 is 6.09 Å². The molecule has 1 aromatic carbocycles. The maximum atomic E-state index is 13.0. The highest BCUT2D eigenvalue weighted by atomic mass is 16.5. The molecule has 284 valence electrons. The number of amides is 5. The molecule has 14 nitrogen and oxygen atoms in total. The van der Waals surface area contributed by atoms with Gasteiger partial charge in [0.25, 0.3) is 0 Å². The SMILES string of the molecule is CCC(C)(CC)NC(=O)OCC1c2cc(NC(=O)CCCC(=O)NCCOC)ccc2C2CC=C(NC(=O)CCCC(=O)NCCOCN)CC21. The Morgan fingerprint density at radius 2 is 1.49 bits per heavy atom. The van der Waals surface area contributed by atoms with Gasteiger partial charge in [0.2, 0.25) is 23.6 Å². The van der Waals surface area contributed by atoms with E-state index in [2.05, 4.69) is 32.7 Å². The first-order chi connectivity index (χ1) is 24.5. The van der Waals surface area contributed by atoms with Gasteiger partial charge in [-0.2, -0.15) is 0 Å². The van der Waals surface area contributed by atoms with Gasteiger partial charge < -0.3 is 46.5 Å². The molecule has 51 heavy (non-hydrogen) atoms. The van der Waals surface area contributed by atoms with E-state index in [9.17, 15) is 24.0 Å². The predicted octanol–water partition coefficient (Wildman–Crippen LogP) is 3.67. The third kappa shape index (κ3) is 13.6. The van der Waals surface area contributed by atoms with Gasteiger partial charge in [-0.05, 0) is 80.5 Å². The molecule has 0 saturated carbocycles. The van der Waals surface area contributed by atoms with Gasteiger partial charge in [-0.15, -0.1) is 0 Å². The second-order valence-corrected chi connectivity index (χ2v) is 13.5. The highest BCUT2D eigenvalue weighted by Crippen LogP contribution is 2.53. The van der Waals surface area contributed by atoms with Crippen LogP contribution in [0.3, 0.4) is 0 Å². The number of methoxy groups -OCH3 is 1. The fraction of sp³-hybridized carbons (Fsp3) is 0.649. The molecule has 0 fully saturated rings. The van der Waals surface area contributed by atoms with Gasteiger partial charge >= 0.3 is 6.09 Å². The number of alkyl carbamates (subject to hydrolysis) is 1. The van der Waals surface area contributed by atoms with Crippen LogP contribution in [0.1, 0.15) is 108 Å². The van der Waals surface area contributed by atoms with Gasteiger partial charge in [-0.1, -0.05) is 26.0 Å². The number of allylic oxidation sites excluding steroid dienone is 2. The molecule has 0 heterocycles. The van der Waals surface area contributed by atoms with Crippen molar-refractivity contribution in [3.05, 3.63) is 41.1 Å². The van der Waals surface area contributed by atoms with E-state index in [0.717, 1.165) is 29.7 Å². The Morgan fingerprint density at radius 1 is 0.863 bits per heavy atom. The maximum Gasteiger partial charge on any atom is 0.407 e. The third-order valence-electron chi connectivity index (χ3n) is 9.87. The summed E-state index contributed by atoms with van der Waals surface area (Å²) in [5, 5.41) is 14.5. The smallest absolute Gasteiger partial charge is 0.407 e. The molecule has 0 radical (unpaired) electrons. The molecule has 3 rings (SSSR count). The topological polar surface area (TPSA) is 199 Å². The average Bonchev–Trinajstić information content (AvgIpc) is 3.41. The summed E-state index contributed by atoms with van der Waals surface area (Å²) >= 11 is 0. The lowest BCUT2D eigenvalue weighted by atomic mass is 9.78. The van der Waals surface area contributed by atoms with Crippen LogP contribution in [0, 0.1) is 5.92 Å². The lowest BCUT2D eigenvalue weighted by molar-refractivity contribution is -0.123. The number of nitrogens with two attached hydrogens (primary N) is 1. The molecule has 2 aliphatic rings. The predicted molar refractivity (Wildman–Crippen MR) is 194 cm³/mol. The molecule has 7 N–H and O–H groups in total. The van der Waals surface area contributed by atoms with Crippen LogP contribution in [0.2, 0.25) is 0 Å². The van der Waals surface area contributed by atoms with Gasteiger partial charge in [-0.3, -0.25) is 19.2 Å². The maximum absolute atomic E-state index is 13.0. The summed E-state index contributed by atoms with van der Waals surface area (Å²) in [6.45, 7) is 7.84. The molecule has 0 aliphatic heterocycles. The number of nitrogens with one attached hydrogen (secondary N) is 5. The van der Waals surface area contributed by atoms with Crippen molar-refractivity contribution in [3.63, 3.8) is 0 Å². The summed E-state index contributed by atoms with van der Waals surface area (Å²) in [7, 11) is 1.57. The molecular weight excluding hydrogens is 656 g/mol. The van der Waals surface area contributed by atoms with Gasteiger partial charge in [-0.25, -0.2) is 4.79 Å². The number of benzene rings is 1. The quantitative estimate of drug-likeness (QED) is 0.0766. The minimum absolute atomic E-state index is 0.0564. The highest BCUT2D eigenvalue weighted by molar-refractivity contribution is 5.91. The number of rotatable bonds is 22. The lowest BCUT2D eigenvalue weighted by Gasteiger charge is -2.31. The van der Waals surface area contributed by atoms with E-state index in [1.54, 1.807) is 7.11 Å². The van der Waals surface area contributed by atoms with Gasteiger partial charge in [0, 0.05) is 68.7 Å². The van der Waals surface area contributed by atoms with Crippen molar-refractivity contribution in [1.29, 1.82) is 0 Å². The van der Waals surface area contributed by atoms with Crippen LogP contribution in [-0.2, 0) is 33.4 Å². The zero-order valence-corrected chi connectivity index (χ0v) is 30.7. The molecule has 0 spiro atoms. The summed E-state index contributed by atoms with van der Waals surface area (Å²) in [6, 6.07) is 5.88. The Morgan fingerprint density at radius 3 is 2.12 bits per heavy atom. The van der Waals surface area contributed by atoms with Crippen molar-refractivity contribution < 1.29 is 38.2 Å². The van der Waals surface area contributed by atoms with Crippen LogP contribution in [0.25, 0.3) is 0 Å². The number of hydrogen-bond donors (Lipinski definition) is 6. The molecule has 0 aromatic heterocycles. The van der Waals surface area contributed by atoms with Crippen molar-refractivity contribution in [2.75, 3.05) is 52.1 Å². The van der Waals surface area contributed by atoms with Crippen LogP contribution in [0.5, 0.6) is 0 Å². The van der Waals surface area contributed by atoms with Crippen molar-refractivity contribution in [3.8, 4) is 0 Å². The fourth-order valence-corrected chi connectivity index (χ4v) is 6.54. The normalized spacial score (nSPS) is 17.7. The van der Waals surface area contributed by atoms with E-state index in [-0.39, 0.29) is 85.9 Å². The minimum atomic E-state index is -0.474. The van der Waals surface area contributed by atoms with Crippen LogP contribution in [0.15, 0.2) is 30.0 Å². The van der Waals surface area contributed by atoms with Crippen LogP contribution < -0.4 is 32.3 Å². The molecule has 0 bridgehead atoms. The van der Waals surface area contributed by atoms with E-state index in [1.165, 1.54) is 0 Å². The largest absolute Gasteiger partial charge is 0.449 e. The Kier molecular flexibility index (Phi) is 17.4. The minimum Gasteiger partial charge on any atom is -0.449 e. The molecule has 14 heteroatoms. The molecule has 0 saturated heterocycles. The number of fused-ring (bicyclic) bond motifs is 3. The van der Waals surface area contributed by atoms with Crippen LogP contribution in [-0.4, -0.2) is 82.0 Å². The number of anilines is 1. The van der Waals surface area contributed by atoms with E-state index >= 15 is 0 Å². The monoisotopic (exact) mass is 714 g/mol. The molecule has 2 aliphatic carbocycles. The standard InChI is InChI=1S/C37H58N6O8/c1-5-37(3,6-2)43-36(48)51-23-31-29-21-25(41-34(46)11-7-9-32(44)39-17-19-49-4)13-15-27(29)28-16-14-26(22-30(28)31)42-35(47)12-8-10-33(45)40-18-20-50-24-38/h13-15,21,28,30-31H,5-12,16-20,22-24,38H2,1-4H3,(H,39,44)(H,40,45)(H,41,46)(H,42,47)(H,43,48). The number of ether oxygens (including phenoxy) is 3. The summed E-state index contributed by atoms with van der Waals surface area (Å²) in [6.07, 6.45) is 6.09. The molecular formula is C37H58N6O8. The van der Waals surface area contributed by atoms with Crippen molar-refractivity contribution in [1.82, 2.24) is 21.3 Å². The first-order valence-corrected chi connectivity index (χ1v) is 18.2. The Bertz CT molecular complexity index is 1360. The third-order valence-corrected chi connectivity index (χ3v) is 9.87. The summed E-state index contributed by atoms with van der Waals surface area (Å²) < 4.78 is 15.8. The van der Waals surface area contributed by atoms with Gasteiger partial charge in [0.1, 0.15) is 6.61 Å². The first-order valence-electron chi connectivity index (χ1n) is 18.2. The lowest BCUT2D eigenvalue weighted by Crippen LogP contribution is -2.45. The van der Waals surface area contributed by atoms with Crippen molar-refractivity contribution in [2.24, 2.45) is 11.7 Å². The van der Waals surface area contributed by atoms with Crippen LogP contribution in [0.4, 0.5) is 10.5 Å². The fourth-order valence-electron chi connectivity index (χ4n) is 6.54. The second-order valence-electron chi connectivity index (χ2n) is 13.5. The van der Waals surface area contributed by atoms with Crippen molar-refractivity contribution in [2.45, 2.75) is 102 Å². The molecule has 3 unspecified atom stereocenters. The zero-order chi connectivity index (χ0) is 37.2. The number of carbonyl (C=O) groups excluding carboxylic acids is 5. The number of carbonyl (C=O) groups is 5. The first kappa shape index (κ1) is 41.4. The van der Waals surface area contributed by atoms with Gasteiger partial charge in [0.15, 0.2) is 0 Å². The molecule has 3 atom stereocenters. The second kappa shape index (κ2) is 21.4.